The van der Waals surface area contributed by atoms with Crippen molar-refractivity contribution >= 4 is 21.4 Å². The molecule has 0 aromatic heterocycles. The molecule has 5 nitrogen and oxygen atoms in total. The fourth-order valence-corrected chi connectivity index (χ4v) is 3.92. The van der Waals surface area contributed by atoms with E-state index in [1.807, 2.05) is 0 Å². The van der Waals surface area contributed by atoms with Gasteiger partial charge >= 0.3 is 0 Å². The number of sulfone groups is 1. The van der Waals surface area contributed by atoms with Gasteiger partial charge in [0.25, 0.3) is 5.91 Å². The molecule has 0 radical (unpaired) electrons. The van der Waals surface area contributed by atoms with E-state index in [-0.39, 0.29) is 11.3 Å². The van der Waals surface area contributed by atoms with Crippen molar-refractivity contribution in [1.29, 1.82) is 0 Å². The summed E-state index contributed by atoms with van der Waals surface area (Å²) in [6.07, 6.45) is 1.49. The van der Waals surface area contributed by atoms with E-state index in [1.165, 1.54) is 42.4 Å². The molecule has 0 bridgehead atoms. The van der Waals surface area contributed by atoms with E-state index in [4.69, 9.17) is 4.74 Å². The Kier molecular flexibility index (Phi) is 4.59. The first-order valence-corrected chi connectivity index (χ1v) is 9.25. The summed E-state index contributed by atoms with van der Waals surface area (Å²) >= 11 is 0. The molecule has 0 N–H and O–H groups in total. The van der Waals surface area contributed by atoms with Crippen molar-refractivity contribution in [3.8, 4) is 5.75 Å². The Bertz CT molecular complexity index is 905. The molecule has 0 fully saturated rings. The van der Waals surface area contributed by atoms with Gasteiger partial charge in [-0.3, -0.25) is 4.79 Å². The third-order valence-corrected chi connectivity index (χ3v) is 5.28. The van der Waals surface area contributed by atoms with Crippen LogP contribution < -0.4 is 9.64 Å². The second-order valence-corrected chi connectivity index (χ2v) is 7.54. The molecule has 3 rings (SSSR count). The molecule has 25 heavy (non-hydrogen) atoms. The molecule has 2 aromatic carbocycles. The zero-order valence-corrected chi connectivity index (χ0v) is 14.2. The lowest BCUT2D eigenvalue weighted by molar-refractivity contribution is 0.0983. The molecular formula is C18H16FNO4S. The van der Waals surface area contributed by atoms with Crippen LogP contribution in [0.4, 0.5) is 10.1 Å². The third kappa shape index (κ3) is 3.71. The summed E-state index contributed by atoms with van der Waals surface area (Å²) in [5.41, 5.74) is 0.803. The summed E-state index contributed by atoms with van der Waals surface area (Å²) in [6.45, 7) is 0. The van der Waals surface area contributed by atoms with Gasteiger partial charge in [0.05, 0.1) is 18.9 Å². The van der Waals surface area contributed by atoms with Gasteiger partial charge in [0.15, 0.2) is 9.84 Å². The lowest BCUT2D eigenvalue weighted by Crippen LogP contribution is -2.41. The number of carbonyl (C=O) groups is 1. The number of benzene rings is 2. The van der Waals surface area contributed by atoms with Gasteiger partial charge in [-0.15, -0.1) is 0 Å². The second-order valence-electron chi connectivity index (χ2n) is 5.61. The monoisotopic (exact) mass is 361 g/mol. The van der Waals surface area contributed by atoms with Gasteiger partial charge < -0.3 is 9.64 Å². The van der Waals surface area contributed by atoms with Crippen LogP contribution in [0.1, 0.15) is 10.4 Å². The number of hydrogen-bond donors (Lipinski definition) is 0. The Balaban J connectivity index is 2.00. The first-order valence-electron chi connectivity index (χ1n) is 7.54. The zero-order valence-electron chi connectivity index (χ0n) is 13.4. The first-order chi connectivity index (χ1) is 11.9. The predicted octanol–water partition coefficient (Wildman–Crippen LogP) is 2.79. The Labute approximate surface area is 145 Å². The van der Waals surface area contributed by atoms with Gasteiger partial charge in [-0.2, -0.15) is 0 Å². The van der Waals surface area contributed by atoms with Gasteiger partial charge in [0.1, 0.15) is 11.6 Å². The van der Waals surface area contributed by atoms with E-state index in [9.17, 15) is 17.6 Å². The number of methoxy groups -OCH3 is 1. The SMILES string of the molecule is COc1ccc(N(C(=O)c2ccc(F)cc2)[C@H]2C=CS(=O)(=O)C2)cc1. The summed E-state index contributed by atoms with van der Waals surface area (Å²) in [5.74, 6) is -0.424. The molecule has 1 heterocycles. The zero-order chi connectivity index (χ0) is 18.0. The van der Waals surface area contributed by atoms with Crippen molar-refractivity contribution in [3.63, 3.8) is 0 Å². The normalized spacial score (nSPS) is 18.1. The molecule has 0 aliphatic carbocycles. The topological polar surface area (TPSA) is 63.7 Å². The number of rotatable bonds is 4. The van der Waals surface area contributed by atoms with Crippen LogP contribution in [0.25, 0.3) is 0 Å². The number of anilines is 1. The van der Waals surface area contributed by atoms with Crippen molar-refractivity contribution < 1.29 is 22.3 Å². The molecule has 1 aliphatic heterocycles. The van der Waals surface area contributed by atoms with E-state index < -0.39 is 27.6 Å². The smallest absolute Gasteiger partial charge is 0.258 e. The van der Waals surface area contributed by atoms with Crippen LogP contribution in [0.5, 0.6) is 5.75 Å². The molecule has 2 aromatic rings. The molecule has 1 atom stereocenters. The average molecular weight is 361 g/mol. The van der Waals surface area contributed by atoms with E-state index >= 15 is 0 Å². The maximum atomic E-state index is 13.1. The number of ether oxygens (including phenoxy) is 1. The summed E-state index contributed by atoms with van der Waals surface area (Å²) in [4.78, 5) is 14.3. The van der Waals surface area contributed by atoms with Crippen LogP contribution in [0, 0.1) is 5.82 Å². The Hall–Kier alpha value is -2.67. The van der Waals surface area contributed by atoms with Crippen molar-refractivity contribution in [2.24, 2.45) is 0 Å². The molecule has 0 unspecified atom stereocenters. The standard InChI is InChI=1S/C18H16FNO4S/c1-24-17-8-6-15(7-9-17)20(16-10-11-25(22,23)12-16)18(21)13-2-4-14(19)5-3-13/h2-11,16H,12H2,1H3/t16-/m0/s1. The lowest BCUT2D eigenvalue weighted by Gasteiger charge is -2.28. The minimum Gasteiger partial charge on any atom is -0.497 e. The van der Waals surface area contributed by atoms with Crippen LogP contribution in [0.15, 0.2) is 60.0 Å². The molecular weight excluding hydrogens is 345 g/mol. The molecule has 130 valence electrons. The van der Waals surface area contributed by atoms with Crippen LogP contribution in [0.3, 0.4) is 0 Å². The molecule has 0 saturated heterocycles. The van der Waals surface area contributed by atoms with E-state index in [2.05, 4.69) is 0 Å². The van der Waals surface area contributed by atoms with Crippen LogP contribution >= 0.6 is 0 Å². The number of halogens is 1. The highest BCUT2D eigenvalue weighted by Crippen LogP contribution is 2.27. The Morgan fingerprint density at radius 3 is 2.28 bits per heavy atom. The maximum absolute atomic E-state index is 13.1. The van der Waals surface area contributed by atoms with Gasteiger partial charge in [-0.05, 0) is 54.6 Å². The molecule has 1 amide bonds. The summed E-state index contributed by atoms with van der Waals surface area (Å²) in [6, 6.07) is 11.2. The molecule has 7 heteroatoms. The molecule has 0 spiro atoms. The van der Waals surface area contributed by atoms with Gasteiger partial charge in [-0.1, -0.05) is 0 Å². The van der Waals surface area contributed by atoms with Crippen molar-refractivity contribution in [1.82, 2.24) is 0 Å². The quantitative estimate of drug-likeness (QED) is 0.840. The lowest BCUT2D eigenvalue weighted by atomic mass is 10.1. The van der Waals surface area contributed by atoms with Gasteiger partial charge in [0, 0.05) is 16.7 Å². The minimum atomic E-state index is -3.34. The highest BCUT2D eigenvalue weighted by molar-refractivity contribution is 7.94. The van der Waals surface area contributed by atoms with Crippen LogP contribution in [-0.2, 0) is 9.84 Å². The Morgan fingerprint density at radius 2 is 1.76 bits per heavy atom. The maximum Gasteiger partial charge on any atom is 0.258 e. The van der Waals surface area contributed by atoms with Crippen molar-refractivity contribution in [2.45, 2.75) is 6.04 Å². The van der Waals surface area contributed by atoms with E-state index in [0.29, 0.717) is 11.4 Å². The van der Waals surface area contributed by atoms with Crippen LogP contribution in [-0.4, -0.2) is 33.2 Å². The number of amides is 1. The van der Waals surface area contributed by atoms with Gasteiger partial charge in [0.2, 0.25) is 0 Å². The Morgan fingerprint density at radius 1 is 1.12 bits per heavy atom. The fourth-order valence-electron chi connectivity index (χ4n) is 2.65. The van der Waals surface area contributed by atoms with E-state index in [1.54, 1.807) is 24.3 Å². The number of nitrogens with zero attached hydrogens (tertiary/aromatic N) is 1. The van der Waals surface area contributed by atoms with Crippen molar-refractivity contribution in [2.75, 3.05) is 17.8 Å². The average Bonchev–Trinajstić information content (AvgIpc) is 2.96. The predicted molar refractivity (Wildman–Crippen MR) is 92.9 cm³/mol. The number of carbonyl (C=O) groups excluding carboxylic acids is 1. The highest BCUT2D eigenvalue weighted by atomic mass is 32.2. The summed E-state index contributed by atoms with van der Waals surface area (Å²) in [5, 5.41) is 1.12. The largest absolute Gasteiger partial charge is 0.497 e. The second kappa shape index (κ2) is 6.68. The summed E-state index contributed by atoms with van der Waals surface area (Å²) in [7, 11) is -1.81. The molecule has 1 aliphatic rings. The van der Waals surface area contributed by atoms with Gasteiger partial charge in [-0.25, -0.2) is 12.8 Å². The van der Waals surface area contributed by atoms with Crippen molar-refractivity contribution in [3.05, 3.63) is 71.4 Å². The summed E-state index contributed by atoms with van der Waals surface area (Å²) < 4.78 is 41.8. The fraction of sp³-hybridized carbons (Fsp3) is 0.167. The van der Waals surface area contributed by atoms with E-state index in [0.717, 1.165) is 5.41 Å². The highest BCUT2D eigenvalue weighted by Gasteiger charge is 2.32. The van der Waals surface area contributed by atoms with Crippen LogP contribution in [0.2, 0.25) is 0 Å². The first kappa shape index (κ1) is 17.2. The minimum absolute atomic E-state index is 0.189. The molecule has 0 saturated carbocycles. The third-order valence-electron chi connectivity index (χ3n) is 3.90. The number of hydrogen-bond acceptors (Lipinski definition) is 4.